The lowest BCUT2D eigenvalue weighted by Gasteiger charge is -2.41. The smallest absolute Gasteiger partial charge is 0.255 e. The highest BCUT2D eigenvalue weighted by Gasteiger charge is 2.43. The van der Waals surface area contributed by atoms with E-state index in [1.807, 2.05) is 17.2 Å². The number of anilines is 1. The van der Waals surface area contributed by atoms with E-state index in [2.05, 4.69) is 19.9 Å². The van der Waals surface area contributed by atoms with Crippen molar-refractivity contribution in [2.75, 3.05) is 18.0 Å². The number of amides is 1. The Bertz CT molecular complexity index is 1030. The number of H-pyrrole nitrogens is 1. The molecule has 5 heterocycles. The first-order valence-electron chi connectivity index (χ1n) is 9.07. The molecule has 27 heavy (non-hydrogen) atoms. The molecule has 2 atom stereocenters. The number of piperazine rings is 1. The molecule has 0 unspecified atom stereocenters. The first-order valence-corrected chi connectivity index (χ1v) is 9.95. The second kappa shape index (κ2) is 6.16. The summed E-state index contributed by atoms with van der Waals surface area (Å²) in [5.41, 5.74) is 1.46. The number of carbonyl (C=O) groups is 2. The van der Waals surface area contributed by atoms with Crippen LogP contribution in [-0.2, 0) is 0 Å². The fourth-order valence-corrected chi connectivity index (χ4v) is 5.08. The highest BCUT2D eigenvalue weighted by molar-refractivity contribution is 7.12. The molecule has 0 aromatic carbocycles. The Morgan fingerprint density at radius 3 is 2.70 bits per heavy atom. The van der Waals surface area contributed by atoms with E-state index in [1.165, 1.54) is 18.3 Å². The molecule has 2 aliphatic heterocycles. The quantitative estimate of drug-likeness (QED) is 0.706. The third-order valence-electron chi connectivity index (χ3n) is 5.54. The fourth-order valence-electron chi connectivity index (χ4n) is 4.30. The van der Waals surface area contributed by atoms with Crippen molar-refractivity contribution in [1.82, 2.24) is 19.9 Å². The van der Waals surface area contributed by atoms with E-state index in [0.717, 1.165) is 42.8 Å². The van der Waals surface area contributed by atoms with Crippen molar-refractivity contribution in [3.63, 3.8) is 0 Å². The Balaban J connectivity index is 1.41. The number of hydrogen-bond donors (Lipinski definition) is 1. The van der Waals surface area contributed by atoms with Crippen LogP contribution < -0.4 is 4.90 Å². The first kappa shape index (κ1) is 16.4. The monoisotopic (exact) mass is 381 g/mol. The maximum absolute atomic E-state index is 13.1. The van der Waals surface area contributed by atoms with Crippen LogP contribution in [0.3, 0.4) is 0 Å². The summed E-state index contributed by atoms with van der Waals surface area (Å²) in [4.78, 5) is 41.5. The van der Waals surface area contributed by atoms with Gasteiger partial charge in [0.05, 0.1) is 27.9 Å². The summed E-state index contributed by atoms with van der Waals surface area (Å²) >= 11 is 1.34. The predicted molar refractivity (Wildman–Crippen MR) is 103 cm³/mol. The molecule has 0 spiro atoms. The largest absolute Gasteiger partial charge is 0.352 e. The number of rotatable bonds is 3. The summed E-state index contributed by atoms with van der Waals surface area (Å²) in [7, 11) is 0. The van der Waals surface area contributed by atoms with Crippen molar-refractivity contribution in [2.24, 2.45) is 0 Å². The molecule has 2 aliphatic rings. The van der Waals surface area contributed by atoms with E-state index < -0.39 is 0 Å². The number of nitrogens with zero attached hydrogens (tertiary/aromatic N) is 4. The maximum atomic E-state index is 13.1. The van der Waals surface area contributed by atoms with Crippen LogP contribution >= 0.6 is 11.3 Å². The van der Waals surface area contributed by atoms with Crippen molar-refractivity contribution >= 4 is 39.9 Å². The summed E-state index contributed by atoms with van der Waals surface area (Å²) in [6.07, 6.45) is 5.46. The number of nitrogens with one attached hydrogen (secondary N) is 1. The molecule has 3 aromatic rings. The van der Waals surface area contributed by atoms with Crippen LogP contribution in [0.25, 0.3) is 11.0 Å². The molecular formula is C19H19N5O2S. The Kier molecular flexibility index (Phi) is 3.75. The van der Waals surface area contributed by atoms with E-state index in [-0.39, 0.29) is 23.8 Å². The molecule has 5 rings (SSSR count). The van der Waals surface area contributed by atoms with Crippen LogP contribution in [0.2, 0.25) is 0 Å². The predicted octanol–water partition coefficient (Wildman–Crippen LogP) is 2.72. The third kappa shape index (κ3) is 2.63. The van der Waals surface area contributed by atoms with E-state index >= 15 is 0 Å². The molecule has 0 saturated carbocycles. The zero-order valence-electron chi connectivity index (χ0n) is 14.9. The lowest BCUT2D eigenvalue weighted by Crippen LogP contribution is -2.56. The van der Waals surface area contributed by atoms with Gasteiger partial charge in [-0.05, 0) is 31.9 Å². The van der Waals surface area contributed by atoms with Crippen LogP contribution in [0.15, 0.2) is 30.0 Å². The second-order valence-corrected chi connectivity index (χ2v) is 8.11. The van der Waals surface area contributed by atoms with Crippen molar-refractivity contribution in [1.29, 1.82) is 0 Å². The molecule has 2 saturated heterocycles. The number of carbonyl (C=O) groups excluding carboxylic acids is 2. The van der Waals surface area contributed by atoms with Gasteiger partial charge in [-0.2, -0.15) is 0 Å². The maximum Gasteiger partial charge on any atom is 0.255 e. The number of Topliss-reactive ketones (excluding diaryl/α,β-unsaturated/α-hetero) is 1. The fraction of sp³-hybridized carbons (Fsp3) is 0.368. The minimum atomic E-state index is 0.00567. The van der Waals surface area contributed by atoms with E-state index in [4.69, 9.17) is 0 Å². The Morgan fingerprint density at radius 2 is 2.00 bits per heavy atom. The molecule has 2 fully saturated rings. The van der Waals surface area contributed by atoms with Crippen LogP contribution in [0.5, 0.6) is 0 Å². The average Bonchev–Trinajstić information content (AvgIpc) is 3.38. The summed E-state index contributed by atoms with van der Waals surface area (Å²) in [5.74, 6) is 0.978. The minimum absolute atomic E-state index is 0.00567. The van der Waals surface area contributed by atoms with E-state index in [0.29, 0.717) is 10.4 Å². The van der Waals surface area contributed by atoms with Crippen LogP contribution in [0, 0.1) is 0 Å². The van der Waals surface area contributed by atoms with Gasteiger partial charge in [0.25, 0.3) is 5.91 Å². The zero-order chi connectivity index (χ0) is 18.5. The van der Waals surface area contributed by atoms with E-state index in [1.54, 1.807) is 17.8 Å². The third-order valence-corrected chi connectivity index (χ3v) is 6.57. The molecule has 3 aromatic heterocycles. The van der Waals surface area contributed by atoms with Gasteiger partial charge in [0, 0.05) is 24.7 Å². The van der Waals surface area contributed by atoms with Crippen molar-refractivity contribution < 1.29 is 9.59 Å². The topological polar surface area (TPSA) is 82.2 Å². The molecule has 138 valence electrons. The summed E-state index contributed by atoms with van der Waals surface area (Å²) in [6.45, 7) is 3.07. The van der Waals surface area contributed by atoms with Gasteiger partial charge in [-0.25, -0.2) is 9.97 Å². The summed E-state index contributed by atoms with van der Waals surface area (Å²) < 4.78 is 0. The SMILES string of the molecule is CC(=O)c1cc(C(=O)N2[C@@H]3CC[C@H]2CN(c2ncnc4[nH]ccc24)C3)cs1. The van der Waals surface area contributed by atoms with Gasteiger partial charge in [-0.3, -0.25) is 9.59 Å². The zero-order valence-corrected chi connectivity index (χ0v) is 15.7. The van der Waals surface area contributed by atoms with Crippen LogP contribution in [0.4, 0.5) is 5.82 Å². The second-order valence-electron chi connectivity index (χ2n) is 7.20. The van der Waals surface area contributed by atoms with Gasteiger partial charge < -0.3 is 14.8 Å². The number of fused-ring (bicyclic) bond motifs is 3. The molecule has 1 N–H and O–H groups in total. The van der Waals surface area contributed by atoms with Crippen molar-refractivity contribution in [3.8, 4) is 0 Å². The average molecular weight is 381 g/mol. The van der Waals surface area contributed by atoms with Gasteiger partial charge in [0.15, 0.2) is 5.78 Å². The molecule has 8 heteroatoms. The van der Waals surface area contributed by atoms with Crippen molar-refractivity contribution in [3.05, 3.63) is 40.5 Å². The molecule has 0 aliphatic carbocycles. The highest BCUT2D eigenvalue weighted by atomic mass is 32.1. The first-order chi connectivity index (χ1) is 13.1. The number of aromatic nitrogens is 3. The molecule has 2 bridgehead atoms. The van der Waals surface area contributed by atoms with E-state index in [9.17, 15) is 9.59 Å². The molecule has 0 radical (unpaired) electrons. The van der Waals surface area contributed by atoms with Crippen molar-refractivity contribution in [2.45, 2.75) is 31.8 Å². The van der Waals surface area contributed by atoms with Gasteiger partial charge in [-0.1, -0.05) is 0 Å². The summed E-state index contributed by atoms with van der Waals surface area (Å²) in [5, 5.41) is 2.82. The normalized spacial score (nSPS) is 21.8. The van der Waals surface area contributed by atoms with Crippen LogP contribution in [-0.4, -0.2) is 56.7 Å². The molecular weight excluding hydrogens is 362 g/mol. The number of thiophene rings is 1. The van der Waals surface area contributed by atoms with Gasteiger partial charge in [0.1, 0.15) is 17.8 Å². The molecule has 7 nitrogen and oxygen atoms in total. The summed E-state index contributed by atoms with van der Waals surface area (Å²) in [6, 6.07) is 4.06. The minimum Gasteiger partial charge on any atom is -0.352 e. The van der Waals surface area contributed by atoms with Gasteiger partial charge in [-0.15, -0.1) is 11.3 Å². The molecule has 1 amide bonds. The Hall–Kier alpha value is -2.74. The number of hydrogen-bond acceptors (Lipinski definition) is 6. The van der Waals surface area contributed by atoms with Crippen LogP contribution in [0.1, 0.15) is 39.8 Å². The lowest BCUT2D eigenvalue weighted by molar-refractivity contribution is 0.0642. The standard InChI is InChI=1S/C19H19N5O2S/c1-11(25)16-6-12(9-27-16)19(26)24-13-2-3-14(24)8-23(7-13)18-15-4-5-20-17(15)21-10-22-18/h4-6,9-10,13-14H,2-3,7-8H2,1H3,(H,20,21,22)/t13-,14+. The number of ketones is 1. The Labute approximate surface area is 160 Å². The van der Waals surface area contributed by atoms with Gasteiger partial charge >= 0.3 is 0 Å². The lowest BCUT2D eigenvalue weighted by atomic mass is 10.1. The van der Waals surface area contributed by atoms with Gasteiger partial charge in [0.2, 0.25) is 0 Å². The Morgan fingerprint density at radius 1 is 1.22 bits per heavy atom. The number of aromatic amines is 1. The highest BCUT2D eigenvalue weighted by Crippen LogP contribution is 2.35.